The van der Waals surface area contributed by atoms with Gasteiger partial charge >= 0.3 is 12.4 Å². The maximum absolute atomic E-state index is 12.5. The van der Waals surface area contributed by atoms with Crippen molar-refractivity contribution in [1.82, 2.24) is 15.6 Å². The van der Waals surface area contributed by atoms with E-state index in [2.05, 4.69) is 31.6 Å². The van der Waals surface area contributed by atoms with E-state index in [0.29, 0.717) is 25.4 Å². The van der Waals surface area contributed by atoms with E-state index in [1.165, 1.54) is 34.8 Å². The molecule has 0 saturated heterocycles. The zero-order valence-electron chi connectivity index (χ0n) is 22.9. The first-order chi connectivity index (χ1) is 22.3. The normalized spacial score (nSPS) is 10.9. The third kappa shape index (κ3) is 13.3. The van der Waals surface area contributed by atoms with Crippen molar-refractivity contribution in [2.45, 2.75) is 12.4 Å². The number of nitrogens with zero attached hydrogens (tertiary/aromatic N) is 2. The number of alkyl halides is 6. The quantitative estimate of drug-likeness (QED) is 0.0607. The lowest BCUT2D eigenvalue weighted by molar-refractivity contribution is -0.138. The number of carbonyl (C=O) groups is 2. The summed E-state index contributed by atoms with van der Waals surface area (Å²) in [7, 11) is 7.36. The van der Waals surface area contributed by atoms with Crippen LogP contribution in [0.2, 0.25) is 10.0 Å². The van der Waals surface area contributed by atoms with Crippen LogP contribution in [-0.2, 0) is 21.6 Å². The number of carbonyl (C=O) groups excluding carboxylic acids is 2. The molecule has 0 atom stereocenters. The van der Waals surface area contributed by atoms with Gasteiger partial charge in [-0.1, -0.05) is 23.2 Å². The molecule has 48 heavy (non-hydrogen) atoms. The van der Waals surface area contributed by atoms with Gasteiger partial charge in [0.2, 0.25) is 15.1 Å². The number of nitrogens with one attached hydrogen (secondary N) is 1. The van der Waals surface area contributed by atoms with Crippen molar-refractivity contribution in [3.8, 4) is 22.2 Å². The topological polar surface area (TPSA) is 128 Å². The summed E-state index contributed by atoms with van der Waals surface area (Å²) in [6.07, 6.45) is -8.75. The monoisotopic (exact) mass is 832 g/mol. The number of amides is 1. The number of nitrogen functional groups attached to an aromatic ring is 1. The molecule has 8 nitrogen and oxygen atoms in total. The minimum Gasteiger partial charge on any atom is -0.415 e. The van der Waals surface area contributed by atoms with Gasteiger partial charge in [0, 0.05) is 32.5 Å². The maximum Gasteiger partial charge on any atom is 0.416 e. The van der Waals surface area contributed by atoms with E-state index in [4.69, 9.17) is 49.3 Å². The van der Waals surface area contributed by atoms with Crippen molar-refractivity contribution < 1.29 is 44.6 Å². The lowest BCUT2D eigenvalue weighted by Crippen LogP contribution is -2.29. The van der Waals surface area contributed by atoms with Gasteiger partial charge in [-0.2, -0.15) is 26.3 Å². The second-order valence-corrected chi connectivity index (χ2v) is 13.7. The number of hydrazine groups is 1. The average Bonchev–Trinajstić information content (AvgIpc) is 3.77. The van der Waals surface area contributed by atoms with E-state index in [-0.39, 0.29) is 23.3 Å². The summed E-state index contributed by atoms with van der Waals surface area (Å²) >= 11 is 19.2. The Hall–Kier alpha value is -2.74. The Morgan fingerprint density at radius 2 is 1.23 bits per heavy atom. The second kappa shape index (κ2) is 18.9. The molecule has 1 amide bonds. The highest BCUT2D eigenvalue weighted by molar-refractivity contribution is 8.26. The van der Waals surface area contributed by atoms with Gasteiger partial charge in [0.15, 0.2) is 0 Å². The van der Waals surface area contributed by atoms with Crippen molar-refractivity contribution in [1.29, 1.82) is 0 Å². The summed E-state index contributed by atoms with van der Waals surface area (Å²) in [6.45, 7) is 0. The fraction of sp³-hybridized carbons (Fsp3) is 0.0769. The number of hydrogen-bond acceptors (Lipinski definition) is 9. The van der Waals surface area contributed by atoms with E-state index in [1.807, 2.05) is 5.43 Å². The maximum atomic E-state index is 12.5. The van der Waals surface area contributed by atoms with Gasteiger partial charge in [-0.25, -0.2) is 10.1 Å². The number of nitrogens with two attached hydrogens (primary N) is 1. The molecule has 0 radical (unpaired) electrons. The molecule has 0 spiro atoms. The highest BCUT2D eigenvalue weighted by Gasteiger charge is 2.31. The smallest absolute Gasteiger partial charge is 0.415 e. The molecule has 22 heteroatoms. The molecule has 3 heterocycles. The molecule has 258 valence electrons. The lowest BCUT2D eigenvalue weighted by atomic mass is 10.1. The van der Waals surface area contributed by atoms with Crippen LogP contribution in [0.15, 0.2) is 75.8 Å². The summed E-state index contributed by atoms with van der Waals surface area (Å²) < 4.78 is 88.0. The van der Waals surface area contributed by atoms with Crippen molar-refractivity contribution in [3.63, 3.8) is 0 Å². The largest absolute Gasteiger partial charge is 0.416 e. The fourth-order valence-corrected chi connectivity index (χ4v) is 5.22. The molecule has 0 saturated carbocycles. The van der Waals surface area contributed by atoms with E-state index in [1.54, 1.807) is 22.9 Å². The molecule has 5 aromatic rings. The molecule has 3 aromatic heterocycles. The Morgan fingerprint density at radius 1 is 0.771 bits per heavy atom. The van der Waals surface area contributed by atoms with E-state index >= 15 is 0 Å². The Labute approximate surface area is 301 Å². The first-order valence-corrected chi connectivity index (χ1v) is 17.6. The van der Waals surface area contributed by atoms with Gasteiger partial charge in [-0.05, 0) is 83.0 Å². The third-order valence-electron chi connectivity index (χ3n) is 5.09. The summed E-state index contributed by atoms with van der Waals surface area (Å²) in [5.74, 6) is 4.92. The van der Waals surface area contributed by atoms with Crippen LogP contribution in [0.4, 0.5) is 26.3 Å². The predicted octanol–water partition coefficient (Wildman–Crippen LogP) is 10.3. The second-order valence-electron chi connectivity index (χ2n) is 8.19. The number of benzene rings is 2. The van der Waals surface area contributed by atoms with Crippen LogP contribution in [-0.4, -0.2) is 25.6 Å². The number of hydrogen-bond donors (Lipinski definition) is 2. The summed E-state index contributed by atoms with van der Waals surface area (Å²) in [5.41, 5.74) is 0.931. The summed E-state index contributed by atoms with van der Waals surface area (Å²) in [5, 5.41) is 11.3. The lowest BCUT2D eigenvalue weighted by Gasteiger charge is -2.05. The molecule has 0 aliphatic rings. The van der Waals surface area contributed by atoms with Crippen molar-refractivity contribution in [2.24, 2.45) is 5.84 Å². The van der Waals surface area contributed by atoms with Gasteiger partial charge in [0.1, 0.15) is 9.75 Å². The molecule has 0 bridgehead atoms. The average molecular weight is 835 g/mol. The standard InChI is InChI=1S/C13H6ClF3N2OS.C8H4ClF3O.C5H5ClN2OS.Cl2OS/c14-9-5-6-21-10(9)12-19-18-11(20-12)7-1-3-8(4-2-7)13(15,16)17;9-7(13)5-1-3-6(4-2-5)8(10,11)12;6-3-1-2-10-4(3)5(9)8-7;1-4(2)3/h1-6H;1-4H;1-2H,7H2,(H,8,9);. The molecular formula is C26H15Cl5F6N4O4S3. The van der Waals surface area contributed by atoms with Crippen molar-refractivity contribution >= 4 is 99.2 Å². The SMILES string of the molecule is FC(F)(F)c1ccc(-c2nnc(-c3sccc3Cl)o2)cc1.NNC(=O)c1sccc1Cl.O=C(Cl)c1ccc(C(F)(F)F)cc1.O=S(Cl)Cl. The number of thiophene rings is 2. The number of halogens is 11. The zero-order valence-corrected chi connectivity index (χ0v) is 29.1. The molecule has 2 aromatic carbocycles. The van der Waals surface area contributed by atoms with Gasteiger partial charge in [0.05, 0.1) is 21.2 Å². The van der Waals surface area contributed by atoms with Gasteiger partial charge < -0.3 is 4.42 Å². The third-order valence-corrected chi connectivity index (χ3v) is 7.98. The summed E-state index contributed by atoms with van der Waals surface area (Å²) in [6, 6.07) is 11.6. The molecule has 0 aliphatic carbocycles. The van der Waals surface area contributed by atoms with E-state index in [9.17, 15) is 35.9 Å². The fourth-order valence-electron chi connectivity index (χ4n) is 2.99. The van der Waals surface area contributed by atoms with Crippen LogP contribution in [0.25, 0.3) is 22.2 Å². The zero-order chi connectivity index (χ0) is 36.2. The Bertz CT molecular complexity index is 1810. The van der Waals surface area contributed by atoms with Crippen LogP contribution < -0.4 is 11.3 Å². The molecule has 0 aliphatic heterocycles. The molecule has 3 N–H and O–H groups in total. The van der Waals surface area contributed by atoms with Crippen LogP contribution in [0.1, 0.15) is 31.2 Å². The van der Waals surface area contributed by atoms with Crippen molar-refractivity contribution in [2.75, 3.05) is 0 Å². The minimum atomic E-state index is -4.38. The van der Waals surface area contributed by atoms with E-state index < -0.39 is 37.9 Å². The van der Waals surface area contributed by atoms with E-state index in [0.717, 1.165) is 36.4 Å². The Balaban J connectivity index is 0.000000254. The number of aromatic nitrogens is 2. The predicted molar refractivity (Wildman–Crippen MR) is 176 cm³/mol. The van der Waals surface area contributed by atoms with Crippen LogP contribution in [0.3, 0.4) is 0 Å². The van der Waals surface area contributed by atoms with Crippen LogP contribution in [0, 0.1) is 0 Å². The Kier molecular flexibility index (Phi) is 16.3. The van der Waals surface area contributed by atoms with Gasteiger partial charge in [-0.15, -0.1) is 32.9 Å². The highest BCUT2D eigenvalue weighted by atomic mass is 36.0. The summed E-state index contributed by atoms with van der Waals surface area (Å²) in [4.78, 5) is 22.4. The molecular weight excluding hydrogens is 820 g/mol. The van der Waals surface area contributed by atoms with Crippen LogP contribution in [0.5, 0.6) is 0 Å². The van der Waals surface area contributed by atoms with Crippen molar-refractivity contribution in [3.05, 3.63) is 103 Å². The highest BCUT2D eigenvalue weighted by Crippen LogP contribution is 2.35. The molecule has 0 fully saturated rings. The Morgan fingerprint density at radius 3 is 1.62 bits per heavy atom. The first-order valence-electron chi connectivity index (χ1n) is 11.9. The molecule has 0 unspecified atom stereocenters. The van der Waals surface area contributed by atoms with Gasteiger partial charge in [0.25, 0.3) is 17.0 Å². The van der Waals surface area contributed by atoms with Gasteiger partial charge in [-0.3, -0.25) is 15.0 Å². The first kappa shape index (κ1) is 41.4. The number of rotatable bonds is 4. The molecule has 5 rings (SSSR count). The van der Waals surface area contributed by atoms with Crippen LogP contribution >= 0.6 is 78.8 Å². The minimum absolute atomic E-state index is 0.0506.